The van der Waals surface area contributed by atoms with Gasteiger partial charge in [-0.15, -0.1) is 11.3 Å². The zero-order valence-electron chi connectivity index (χ0n) is 20.5. The molecule has 2 aliphatic heterocycles. The van der Waals surface area contributed by atoms with Gasteiger partial charge in [-0.1, -0.05) is 36.4 Å². The van der Waals surface area contributed by atoms with Crippen LogP contribution in [0, 0.1) is 0 Å². The summed E-state index contributed by atoms with van der Waals surface area (Å²) in [6.07, 6.45) is 0. The molecule has 9 heteroatoms. The van der Waals surface area contributed by atoms with Crippen LogP contribution in [0.1, 0.15) is 23.4 Å². The monoisotopic (exact) mass is 499 g/mol. The minimum Gasteiger partial charge on any atom is -0.379 e. The van der Waals surface area contributed by atoms with Gasteiger partial charge in [-0.25, -0.2) is 0 Å². The Hall–Kier alpha value is -2.30. The van der Waals surface area contributed by atoms with Crippen LogP contribution in [0.25, 0.3) is 0 Å². The van der Waals surface area contributed by atoms with Gasteiger partial charge in [0.1, 0.15) is 0 Å². The third-order valence-electron chi connectivity index (χ3n) is 6.74. The zero-order chi connectivity index (χ0) is 24.5. The molecule has 35 heavy (non-hydrogen) atoms. The van der Waals surface area contributed by atoms with Crippen LogP contribution in [-0.4, -0.2) is 98.1 Å². The number of nitrogens with one attached hydrogen (secondary N) is 2. The van der Waals surface area contributed by atoms with E-state index < -0.39 is 11.8 Å². The van der Waals surface area contributed by atoms with Crippen molar-refractivity contribution in [3.05, 3.63) is 58.3 Å². The average Bonchev–Trinajstić information content (AvgIpc) is 3.41. The molecule has 2 N–H and O–H groups in total. The van der Waals surface area contributed by atoms with Gasteiger partial charge in [0.25, 0.3) is 0 Å². The molecule has 190 valence electrons. The fourth-order valence-corrected chi connectivity index (χ4v) is 5.79. The summed E-state index contributed by atoms with van der Waals surface area (Å²) in [4.78, 5) is 33.5. The van der Waals surface area contributed by atoms with Crippen molar-refractivity contribution < 1.29 is 14.3 Å². The fourth-order valence-electron chi connectivity index (χ4n) is 4.83. The molecule has 1 aromatic carbocycles. The molecule has 3 heterocycles. The molecule has 1 aromatic heterocycles. The Kier molecular flexibility index (Phi) is 9.67. The van der Waals surface area contributed by atoms with Crippen LogP contribution in [0.5, 0.6) is 0 Å². The van der Waals surface area contributed by atoms with E-state index in [1.807, 2.05) is 19.1 Å². The van der Waals surface area contributed by atoms with Crippen LogP contribution in [0.4, 0.5) is 0 Å². The number of carbonyl (C=O) groups is 2. The molecule has 2 amide bonds. The maximum Gasteiger partial charge on any atom is 0.309 e. The van der Waals surface area contributed by atoms with Crippen LogP contribution in [0.2, 0.25) is 0 Å². The molecule has 2 atom stereocenters. The van der Waals surface area contributed by atoms with Crippen molar-refractivity contribution in [3.63, 3.8) is 0 Å². The van der Waals surface area contributed by atoms with Crippen molar-refractivity contribution in [1.29, 1.82) is 0 Å². The molecule has 2 aliphatic rings. The number of thiophene rings is 1. The maximum absolute atomic E-state index is 12.7. The molecule has 2 aromatic rings. The Labute approximate surface area is 212 Å². The molecule has 0 spiro atoms. The summed E-state index contributed by atoms with van der Waals surface area (Å²) in [5, 5.41) is 7.81. The van der Waals surface area contributed by atoms with Crippen LogP contribution in [0.3, 0.4) is 0 Å². The van der Waals surface area contributed by atoms with Crippen LogP contribution < -0.4 is 10.6 Å². The molecule has 0 bridgehead atoms. The SMILES string of the molecule is CC(NC(=O)C(=O)NCCN1CCOCC1)C(c1cccs1)N1CCN(Cc2ccccc2)CC1. The van der Waals surface area contributed by atoms with E-state index in [2.05, 4.69) is 61.0 Å². The predicted molar refractivity (Wildman–Crippen MR) is 138 cm³/mol. The van der Waals surface area contributed by atoms with Gasteiger partial charge in [0.2, 0.25) is 0 Å². The van der Waals surface area contributed by atoms with E-state index in [1.54, 1.807) is 11.3 Å². The first-order chi connectivity index (χ1) is 17.1. The van der Waals surface area contributed by atoms with Crippen molar-refractivity contribution in [3.8, 4) is 0 Å². The predicted octanol–water partition coefficient (Wildman–Crippen LogP) is 1.56. The Bertz CT molecular complexity index is 912. The first-order valence-corrected chi connectivity index (χ1v) is 13.4. The largest absolute Gasteiger partial charge is 0.379 e. The normalized spacial score (nSPS) is 19.7. The lowest BCUT2D eigenvalue weighted by molar-refractivity contribution is -0.139. The molecule has 8 nitrogen and oxygen atoms in total. The van der Waals surface area contributed by atoms with Gasteiger partial charge in [-0.2, -0.15) is 0 Å². The standard InChI is InChI=1S/C26H37N5O3S/c1-21(28-26(33)25(32)27-9-10-29-15-17-34-18-16-29)24(23-8-5-19-35-23)31-13-11-30(12-14-31)20-22-6-3-2-4-7-22/h2-8,19,21,24H,9-18,20H2,1H3,(H,27,32)(H,28,33). The molecule has 0 saturated carbocycles. The minimum atomic E-state index is -0.567. The second kappa shape index (κ2) is 13.1. The summed E-state index contributed by atoms with van der Waals surface area (Å²) in [6.45, 7) is 11.1. The number of piperazine rings is 1. The number of hydrogen-bond donors (Lipinski definition) is 2. The second-order valence-corrected chi connectivity index (χ2v) is 10.2. The minimum absolute atomic E-state index is 0.0407. The lowest BCUT2D eigenvalue weighted by atomic mass is 10.0. The zero-order valence-corrected chi connectivity index (χ0v) is 21.3. The van der Waals surface area contributed by atoms with E-state index in [0.717, 1.165) is 65.6 Å². The highest BCUT2D eigenvalue weighted by Crippen LogP contribution is 2.29. The Morgan fingerprint density at radius 3 is 2.37 bits per heavy atom. The quantitative estimate of drug-likeness (QED) is 0.510. The molecule has 2 saturated heterocycles. The van der Waals surface area contributed by atoms with E-state index in [4.69, 9.17) is 4.74 Å². The van der Waals surface area contributed by atoms with Crippen molar-refractivity contribution >= 4 is 23.2 Å². The number of rotatable bonds is 9. The fraction of sp³-hybridized carbons (Fsp3) is 0.538. The summed E-state index contributed by atoms with van der Waals surface area (Å²) in [5.41, 5.74) is 1.33. The molecule has 2 unspecified atom stereocenters. The van der Waals surface area contributed by atoms with Gasteiger partial charge in [0.05, 0.1) is 19.3 Å². The van der Waals surface area contributed by atoms with E-state index in [1.165, 1.54) is 10.4 Å². The Balaban J connectivity index is 1.28. The van der Waals surface area contributed by atoms with Crippen molar-refractivity contribution in [2.24, 2.45) is 0 Å². The van der Waals surface area contributed by atoms with Gasteiger partial charge in [0.15, 0.2) is 0 Å². The third-order valence-corrected chi connectivity index (χ3v) is 7.68. The van der Waals surface area contributed by atoms with Crippen molar-refractivity contribution in [2.75, 3.05) is 65.6 Å². The average molecular weight is 500 g/mol. The highest BCUT2D eigenvalue weighted by Gasteiger charge is 2.31. The summed E-state index contributed by atoms with van der Waals surface area (Å²) >= 11 is 1.70. The van der Waals surface area contributed by atoms with Crippen LogP contribution in [-0.2, 0) is 20.9 Å². The summed E-state index contributed by atoms with van der Waals surface area (Å²) in [5.74, 6) is -1.13. The maximum atomic E-state index is 12.7. The number of carbonyl (C=O) groups excluding carboxylic acids is 2. The molecular formula is C26H37N5O3S. The van der Waals surface area contributed by atoms with Crippen LogP contribution in [0.15, 0.2) is 47.8 Å². The first-order valence-electron chi connectivity index (χ1n) is 12.5. The molecular weight excluding hydrogens is 462 g/mol. The number of amides is 2. The van der Waals surface area contributed by atoms with E-state index in [9.17, 15) is 9.59 Å². The first kappa shape index (κ1) is 25.8. The van der Waals surface area contributed by atoms with E-state index >= 15 is 0 Å². The van der Waals surface area contributed by atoms with E-state index in [0.29, 0.717) is 6.54 Å². The van der Waals surface area contributed by atoms with Gasteiger partial charge < -0.3 is 15.4 Å². The van der Waals surface area contributed by atoms with Gasteiger partial charge in [-0.05, 0) is 23.9 Å². The summed E-state index contributed by atoms with van der Waals surface area (Å²) in [7, 11) is 0. The lowest BCUT2D eigenvalue weighted by Crippen LogP contribution is -2.53. The number of ether oxygens (including phenoxy) is 1. The van der Waals surface area contributed by atoms with Crippen molar-refractivity contribution in [1.82, 2.24) is 25.3 Å². The van der Waals surface area contributed by atoms with Gasteiger partial charge >= 0.3 is 11.8 Å². The lowest BCUT2D eigenvalue weighted by Gasteiger charge is -2.41. The van der Waals surface area contributed by atoms with Gasteiger partial charge in [-0.3, -0.25) is 24.3 Å². The molecule has 0 radical (unpaired) electrons. The van der Waals surface area contributed by atoms with Crippen molar-refractivity contribution in [2.45, 2.75) is 25.6 Å². The Morgan fingerprint density at radius 1 is 0.943 bits per heavy atom. The number of nitrogens with zero attached hydrogens (tertiary/aromatic N) is 3. The number of hydrogen-bond acceptors (Lipinski definition) is 7. The smallest absolute Gasteiger partial charge is 0.309 e. The Morgan fingerprint density at radius 2 is 1.69 bits per heavy atom. The second-order valence-electron chi connectivity index (χ2n) is 9.23. The van der Waals surface area contributed by atoms with E-state index in [-0.39, 0.29) is 12.1 Å². The molecule has 4 rings (SSSR count). The highest BCUT2D eigenvalue weighted by atomic mass is 32.1. The molecule has 0 aliphatic carbocycles. The summed E-state index contributed by atoms with van der Waals surface area (Å²) in [6, 6.07) is 14.6. The molecule has 2 fully saturated rings. The highest BCUT2D eigenvalue weighted by molar-refractivity contribution is 7.10. The topological polar surface area (TPSA) is 77.1 Å². The summed E-state index contributed by atoms with van der Waals surface area (Å²) < 4.78 is 5.35. The number of morpholine rings is 1. The van der Waals surface area contributed by atoms with Crippen LogP contribution >= 0.6 is 11.3 Å². The number of benzene rings is 1. The third kappa shape index (κ3) is 7.59. The van der Waals surface area contributed by atoms with Gasteiger partial charge in [0, 0.05) is 69.8 Å².